The molecule has 0 nitrogen and oxygen atoms in total. The van der Waals surface area contributed by atoms with Crippen LogP contribution in [0.2, 0.25) is 5.28 Å². The first kappa shape index (κ1) is 11.0. The summed E-state index contributed by atoms with van der Waals surface area (Å²) >= 11 is 6.00. The minimum Gasteiger partial charge on any atom is -0.147 e. The third-order valence-electron chi connectivity index (χ3n) is 0.602. The maximum Gasteiger partial charge on any atom is 0.224 e. The number of halogens is 2. The van der Waals surface area contributed by atoms with Crippen LogP contribution < -0.4 is 0 Å². The average Bonchev–Trinajstić information content (AvgIpc) is 1.61. The van der Waals surface area contributed by atoms with Crippen LogP contribution in [0.5, 0.6) is 0 Å². The highest BCUT2D eigenvalue weighted by molar-refractivity contribution is 6.50. The predicted octanol–water partition coefficient (Wildman–Crippen LogP) is 2.14. The molecule has 0 spiro atoms. The van der Waals surface area contributed by atoms with Gasteiger partial charge in [-0.1, -0.05) is 13.3 Å². The Morgan fingerprint density at radius 2 is 2.14 bits per heavy atom. The first-order valence-electron chi connectivity index (χ1n) is 2.29. The topological polar surface area (TPSA) is 0 Å². The number of alkyl halides is 1. The largest absolute Gasteiger partial charge is 0.224 e. The maximum atomic E-state index is 5.42. The van der Waals surface area contributed by atoms with Crippen molar-refractivity contribution in [2.75, 3.05) is 4.74 Å². The van der Waals surface area contributed by atoms with Crippen LogP contribution in [-0.2, 0) is 0 Å². The Hall–Kier alpha value is 1.11. The van der Waals surface area contributed by atoms with E-state index in [1.54, 1.807) is 0 Å². The molecule has 0 saturated heterocycles. The highest BCUT2D eigenvalue weighted by atomic mass is 35.5. The fraction of sp³-hybridized carbons (Fsp3) is 1.00. The van der Waals surface area contributed by atoms with E-state index in [-0.39, 0.29) is 12.4 Å². The van der Waals surface area contributed by atoms with E-state index in [1.165, 1.54) is 11.7 Å². The van der Waals surface area contributed by atoms with Crippen LogP contribution >= 0.6 is 24.0 Å². The molecule has 0 aromatic carbocycles. The van der Waals surface area contributed by atoms with Crippen LogP contribution in [0.1, 0.15) is 13.3 Å². The summed E-state index contributed by atoms with van der Waals surface area (Å²) < 4.78 is 0.911. The maximum absolute atomic E-state index is 5.42. The second kappa shape index (κ2) is 10.2. The van der Waals surface area contributed by atoms with Crippen molar-refractivity contribution in [3.63, 3.8) is 0 Å². The fourth-order valence-electron chi connectivity index (χ4n) is 0.281. The van der Waals surface area contributed by atoms with Crippen molar-refractivity contribution in [1.29, 1.82) is 0 Å². The molecule has 0 unspecified atom stereocenters. The molecular weight excluding hydrogens is 146 g/mol. The second-order valence-electron chi connectivity index (χ2n) is 1.23. The van der Waals surface area contributed by atoms with Gasteiger partial charge in [0.25, 0.3) is 0 Å². The zero-order valence-electron chi connectivity index (χ0n) is 4.48. The molecule has 3 heteroatoms. The summed E-state index contributed by atoms with van der Waals surface area (Å²) in [7, 11) is 0. The van der Waals surface area contributed by atoms with Gasteiger partial charge in [-0.05, 0) is 4.74 Å². The average molecular weight is 156 g/mol. The van der Waals surface area contributed by atoms with Crippen LogP contribution in [0.3, 0.4) is 0 Å². The van der Waals surface area contributed by atoms with Crippen molar-refractivity contribution < 1.29 is 0 Å². The van der Waals surface area contributed by atoms with Gasteiger partial charge >= 0.3 is 0 Å². The molecule has 0 aromatic rings. The van der Waals surface area contributed by atoms with Crippen LogP contribution in [0.25, 0.3) is 0 Å². The molecule has 0 amide bonds. The molecule has 0 fully saturated rings. The van der Waals surface area contributed by atoms with Crippen LogP contribution in [0.4, 0.5) is 0 Å². The second-order valence-corrected chi connectivity index (χ2v) is 3.62. The standard InChI is InChI=1S/C3H7.CH2Cl.Al.ClH/c1-3-2;1-2;;/h1,3H2,2H3;1H2;;1H. The van der Waals surface area contributed by atoms with Gasteiger partial charge in [0.1, 0.15) is 0 Å². The van der Waals surface area contributed by atoms with Gasteiger partial charge in [-0.2, -0.15) is 0 Å². The summed E-state index contributed by atoms with van der Waals surface area (Å²) in [5.74, 6) is 0. The predicted molar refractivity (Wildman–Crippen MR) is 38.8 cm³/mol. The molecule has 0 N–H and O–H groups in total. The summed E-state index contributed by atoms with van der Waals surface area (Å²) in [6.45, 7) is 2.19. The summed E-state index contributed by atoms with van der Waals surface area (Å²) in [4.78, 5) is 0. The third-order valence-corrected chi connectivity index (χ3v) is 2.46. The van der Waals surface area contributed by atoms with Crippen LogP contribution in [0.15, 0.2) is 0 Å². The van der Waals surface area contributed by atoms with E-state index in [2.05, 4.69) is 6.92 Å². The van der Waals surface area contributed by atoms with Gasteiger partial charge in [-0.25, -0.2) is 0 Å². The lowest BCUT2D eigenvalue weighted by Gasteiger charge is -1.81. The van der Waals surface area contributed by atoms with Crippen molar-refractivity contribution in [2.45, 2.75) is 18.6 Å². The van der Waals surface area contributed by atoms with Crippen LogP contribution in [0, 0.1) is 0 Å². The van der Waals surface area contributed by atoms with Gasteiger partial charge in [-0.3, -0.25) is 0 Å². The fourth-order valence-corrected chi connectivity index (χ4v) is 1.31. The van der Waals surface area contributed by atoms with Crippen molar-refractivity contribution >= 4 is 39.2 Å². The summed E-state index contributed by atoms with van der Waals surface area (Å²) in [5, 5.41) is 1.36. The summed E-state index contributed by atoms with van der Waals surface area (Å²) in [6, 6.07) is 0. The zero-order chi connectivity index (χ0) is 4.83. The minimum absolute atomic E-state index is 0. The van der Waals surface area contributed by atoms with E-state index in [0.717, 1.165) is 4.74 Å². The highest BCUT2D eigenvalue weighted by Crippen LogP contribution is 1.85. The quantitative estimate of drug-likeness (QED) is 0.333. The van der Waals surface area contributed by atoms with E-state index < -0.39 is 0 Å². The molecular formula is C4H10AlCl2. The van der Waals surface area contributed by atoms with Gasteiger partial charge in [0.2, 0.25) is 15.2 Å². The summed E-state index contributed by atoms with van der Waals surface area (Å²) in [6.07, 6.45) is 1.31. The molecule has 43 valence electrons. The molecule has 0 heterocycles. The molecule has 1 radical (unpaired) electrons. The molecule has 0 aliphatic heterocycles. The first-order valence-corrected chi connectivity index (χ1v) is 4.46. The van der Waals surface area contributed by atoms with Gasteiger partial charge in [0, 0.05) is 0 Å². The van der Waals surface area contributed by atoms with Gasteiger partial charge < -0.3 is 0 Å². The van der Waals surface area contributed by atoms with Crippen molar-refractivity contribution in [3.05, 3.63) is 0 Å². The Kier molecular flexibility index (Phi) is 16.0. The highest BCUT2D eigenvalue weighted by Gasteiger charge is 1.82. The van der Waals surface area contributed by atoms with Gasteiger partial charge in [-0.15, -0.1) is 29.3 Å². The molecule has 0 saturated carbocycles. The van der Waals surface area contributed by atoms with E-state index in [4.69, 9.17) is 11.6 Å². The molecule has 0 aliphatic rings. The van der Waals surface area contributed by atoms with E-state index in [9.17, 15) is 0 Å². The van der Waals surface area contributed by atoms with Gasteiger partial charge in [0.05, 0.1) is 0 Å². The Labute approximate surface area is 62.7 Å². The molecule has 0 bridgehead atoms. The lowest BCUT2D eigenvalue weighted by Crippen LogP contribution is -1.87. The molecule has 7 heavy (non-hydrogen) atoms. The van der Waals surface area contributed by atoms with E-state index in [1.807, 2.05) is 0 Å². The smallest absolute Gasteiger partial charge is 0.147 e. The molecule has 0 rings (SSSR count). The Morgan fingerprint density at radius 1 is 1.57 bits per heavy atom. The number of hydrogen-bond acceptors (Lipinski definition) is 0. The SMILES string of the molecule is CC[CH2][Al][CH2]Cl.Cl. The Bertz CT molecular complexity index is 21.7. The molecule has 0 atom stereocenters. The summed E-state index contributed by atoms with van der Waals surface area (Å²) in [5.41, 5.74) is 0. The number of rotatable bonds is 3. The van der Waals surface area contributed by atoms with Crippen LogP contribution in [-0.4, -0.2) is 20.0 Å². The zero-order valence-corrected chi connectivity index (χ0v) is 7.21. The third kappa shape index (κ3) is 11.0. The molecule has 0 aliphatic carbocycles. The van der Waals surface area contributed by atoms with Crippen molar-refractivity contribution in [1.82, 2.24) is 0 Å². The molecule has 0 aromatic heterocycles. The van der Waals surface area contributed by atoms with E-state index >= 15 is 0 Å². The van der Waals surface area contributed by atoms with Gasteiger partial charge in [0.15, 0.2) is 0 Å². The Balaban J connectivity index is 0. The number of hydrogen-bond donors (Lipinski definition) is 0. The first-order chi connectivity index (χ1) is 2.91. The lowest BCUT2D eigenvalue weighted by molar-refractivity contribution is 1.07. The Morgan fingerprint density at radius 3 is 2.29 bits per heavy atom. The van der Waals surface area contributed by atoms with Crippen molar-refractivity contribution in [2.24, 2.45) is 0 Å². The normalized spacial score (nSPS) is 7.14. The minimum atomic E-state index is 0. The van der Waals surface area contributed by atoms with E-state index in [0.29, 0.717) is 15.2 Å². The monoisotopic (exact) mass is 155 g/mol. The lowest BCUT2D eigenvalue weighted by atomic mass is 10.6. The van der Waals surface area contributed by atoms with Crippen molar-refractivity contribution in [3.8, 4) is 0 Å².